The van der Waals surface area contributed by atoms with Crippen LogP contribution in [0.2, 0.25) is 0 Å². The Bertz CT molecular complexity index is 356. The molecular weight excluding hydrogens is 200 g/mol. The summed E-state index contributed by atoms with van der Waals surface area (Å²) >= 11 is 0. The van der Waals surface area contributed by atoms with Crippen LogP contribution in [0.3, 0.4) is 0 Å². The van der Waals surface area contributed by atoms with Crippen molar-refractivity contribution in [1.82, 2.24) is 19.8 Å². The molecule has 90 valence electrons. The fourth-order valence-electron chi connectivity index (χ4n) is 2.08. The van der Waals surface area contributed by atoms with Crippen molar-refractivity contribution >= 4 is 0 Å². The first-order valence-corrected chi connectivity index (χ1v) is 6.07. The summed E-state index contributed by atoms with van der Waals surface area (Å²) < 4.78 is 2.36. The summed E-state index contributed by atoms with van der Waals surface area (Å²) in [6.07, 6.45) is 2.03. The van der Waals surface area contributed by atoms with Crippen LogP contribution in [0.4, 0.5) is 0 Å². The van der Waals surface area contributed by atoms with Crippen molar-refractivity contribution < 1.29 is 0 Å². The zero-order chi connectivity index (χ0) is 11.7. The standard InChI is InChI=1S/C12H22N4/c1-9(2)15(4)8-11-7-14-12-10(3)13-5-6-16(11)12/h7,9-10,13H,5-6,8H2,1-4H3/t10-/m1/s1. The first-order valence-electron chi connectivity index (χ1n) is 6.07. The highest BCUT2D eigenvalue weighted by atomic mass is 15.2. The van der Waals surface area contributed by atoms with Gasteiger partial charge in [-0.2, -0.15) is 0 Å². The molecule has 2 heterocycles. The Morgan fingerprint density at radius 1 is 1.62 bits per heavy atom. The lowest BCUT2D eigenvalue weighted by Crippen LogP contribution is -2.34. The topological polar surface area (TPSA) is 33.1 Å². The van der Waals surface area contributed by atoms with Crippen molar-refractivity contribution in [3.8, 4) is 0 Å². The highest BCUT2D eigenvalue weighted by Gasteiger charge is 2.20. The molecule has 0 fully saturated rings. The van der Waals surface area contributed by atoms with Crippen LogP contribution in [0.5, 0.6) is 0 Å². The normalized spacial score (nSPS) is 20.5. The lowest BCUT2D eigenvalue weighted by atomic mass is 10.2. The van der Waals surface area contributed by atoms with Gasteiger partial charge >= 0.3 is 0 Å². The Labute approximate surface area is 97.7 Å². The van der Waals surface area contributed by atoms with Crippen molar-refractivity contribution in [2.45, 2.75) is 45.9 Å². The molecule has 0 saturated carbocycles. The van der Waals surface area contributed by atoms with Gasteiger partial charge in [0, 0.05) is 31.9 Å². The summed E-state index contributed by atoms with van der Waals surface area (Å²) in [5, 5.41) is 3.43. The van der Waals surface area contributed by atoms with Gasteiger partial charge in [-0.25, -0.2) is 4.98 Å². The maximum Gasteiger partial charge on any atom is 0.125 e. The number of nitrogens with one attached hydrogen (secondary N) is 1. The van der Waals surface area contributed by atoms with Crippen LogP contribution in [0, 0.1) is 0 Å². The number of nitrogens with zero attached hydrogens (tertiary/aromatic N) is 3. The number of hydrogen-bond donors (Lipinski definition) is 1. The first-order chi connectivity index (χ1) is 7.59. The van der Waals surface area contributed by atoms with Gasteiger partial charge in [-0.3, -0.25) is 4.90 Å². The molecule has 4 nitrogen and oxygen atoms in total. The Balaban J connectivity index is 2.17. The predicted octanol–water partition coefficient (Wildman–Crippen LogP) is 1.39. The monoisotopic (exact) mass is 222 g/mol. The molecule has 1 aliphatic heterocycles. The van der Waals surface area contributed by atoms with Gasteiger partial charge in [-0.05, 0) is 27.8 Å². The van der Waals surface area contributed by atoms with E-state index in [4.69, 9.17) is 0 Å². The van der Waals surface area contributed by atoms with Crippen molar-refractivity contribution in [2.75, 3.05) is 13.6 Å². The summed E-state index contributed by atoms with van der Waals surface area (Å²) in [5.74, 6) is 1.18. The fourth-order valence-corrected chi connectivity index (χ4v) is 2.08. The molecule has 0 aromatic carbocycles. The zero-order valence-electron chi connectivity index (χ0n) is 10.7. The largest absolute Gasteiger partial charge is 0.328 e. The Hall–Kier alpha value is -0.870. The third-order valence-corrected chi connectivity index (χ3v) is 3.44. The van der Waals surface area contributed by atoms with E-state index in [0.29, 0.717) is 12.1 Å². The second kappa shape index (κ2) is 4.55. The lowest BCUT2D eigenvalue weighted by Gasteiger charge is -2.26. The highest BCUT2D eigenvalue weighted by molar-refractivity contribution is 5.10. The van der Waals surface area contributed by atoms with Gasteiger partial charge in [-0.1, -0.05) is 0 Å². The Morgan fingerprint density at radius 3 is 3.06 bits per heavy atom. The molecule has 0 spiro atoms. The first kappa shape index (κ1) is 11.6. The molecule has 1 aromatic rings. The minimum atomic E-state index is 0.381. The third kappa shape index (κ3) is 2.13. The van der Waals surface area contributed by atoms with E-state index in [9.17, 15) is 0 Å². The van der Waals surface area contributed by atoms with E-state index in [1.54, 1.807) is 0 Å². The van der Waals surface area contributed by atoms with E-state index >= 15 is 0 Å². The SMILES string of the molecule is CC(C)N(C)Cc1cnc2n1CCN[C@@H]2C. The Morgan fingerprint density at radius 2 is 2.38 bits per heavy atom. The van der Waals surface area contributed by atoms with Gasteiger partial charge in [0.1, 0.15) is 5.82 Å². The van der Waals surface area contributed by atoms with Crippen molar-refractivity contribution in [3.05, 3.63) is 17.7 Å². The summed E-state index contributed by atoms with van der Waals surface area (Å²) in [6, 6.07) is 0.956. The second-order valence-corrected chi connectivity index (χ2v) is 4.94. The summed E-state index contributed by atoms with van der Waals surface area (Å²) in [5.41, 5.74) is 1.33. The van der Waals surface area contributed by atoms with E-state index in [1.807, 2.05) is 6.20 Å². The van der Waals surface area contributed by atoms with Crippen molar-refractivity contribution in [1.29, 1.82) is 0 Å². The van der Waals surface area contributed by atoms with E-state index in [1.165, 1.54) is 11.5 Å². The average Bonchev–Trinajstić information content (AvgIpc) is 2.63. The molecule has 16 heavy (non-hydrogen) atoms. The maximum atomic E-state index is 4.52. The molecule has 1 N–H and O–H groups in total. The van der Waals surface area contributed by atoms with Crippen LogP contribution in [0.1, 0.15) is 38.3 Å². The fraction of sp³-hybridized carbons (Fsp3) is 0.750. The van der Waals surface area contributed by atoms with E-state index in [0.717, 1.165) is 19.6 Å². The van der Waals surface area contributed by atoms with Crippen molar-refractivity contribution in [3.63, 3.8) is 0 Å². The molecule has 0 amide bonds. The molecular formula is C12H22N4. The van der Waals surface area contributed by atoms with Crippen LogP contribution in [0.25, 0.3) is 0 Å². The number of hydrogen-bond acceptors (Lipinski definition) is 3. The molecule has 0 bridgehead atoms. The van der Waals surface area contributed by atoms with Crippen molar-refractivity contribution in [2.24, 2.45) is 0 Å². The predicted molar refractivity (Wildman–Crippen MR) is 65.2 cm³/mol. The molecule has 0 radical (unpaired) electrons. The number of imidazole rings is 1. The molecule has 1 aliphatic rings. The van der Waals surface area contributed by atoms with Crippen LogP contribution < -0.4 is 5.32 Å². The van der Waals surface area contributed by atoms with Gasteiger partial charge in [0.15, 0.2) is 0 Å². The van der Waals surface area contributed by atoms with Gasteiger partial charge in [0.2, 0.25) is 0 Å². The number of rotatable bonds is 3. The van der Waals surface area contributed by atoms with Crippen LogP contribution in [0.15, 0.2) is 6.20 Å². The van der Waals surface area contributed by atoms with Gasteiger partial charge in [0.05, 0.1) is 11.7 Å². The Kier molecular flexibility index (Phi) is 3.30. The third-order valence-electron chi connectivity index (χ3n) is 3.44. The highest BCUT2D eigenvalue weighted by Crippen LogP contribution is 2.18. The van der Waals surface area contributed by atoms with Crippen LogP contribution in [-0.2, 0) is 13.1 Å². The van der Waals surface area contributed by atoms with Crippen LogP contribution in [-0.4, -0.2) is 34.1 Å². The molecule has 0 unspecified atom stereocenters. The quantitative estimate of drug-likeness (QED) is 0.839. The van der Waals surface area contributed by atoms with Gasteiger partial charge in [0.25, 0.3) is 0 Å². The number of aromatic nitrogens is 2. The van der Waals surface area contributed by atoms with Gasteiger partial charge < -0.3 is 9.88 Å². The van der Waals surface area contributed by atoms with Gasteiger partial charge in [-0.15, -0.1) is 0 Å². The smallest absolute Gasteiger partial charge is 0.125 e. The molecule has 0 aliphatic carbocycles. The minimum Gasteiger partial charge on any atom is -0.328 e. The summed E-state index contributed by atoms with van der Waals surface area (Å²) in [7, 11) is 2.16. The average molecular weight is 222 g/mol. The number of fused-ring (bicyclic) bond motifs is 1. The zero-order valence-corrected chi connectivity index (χ0v) is 10.7. The van der Waals surface area contributed by atoms with E-state index in [2.05, 4.69) is 47.6 Å². The van der Waals surface area contributed by atoms with Crippen LogP contribution >= 0.6 is 0 Å². The minimum absolute atomic E-state index is 0.381. The molecule has 4 heteroatoms. The van der Waals surface area contributed by atoms with E-state index < -0.39 is 0 Å². The lowest BCUT2D eigenvalue weighted by molar-refractivity contribution is 0.256. The molecule has 1 aromatic heterocycles. The summed E-state index contributed by atoms with van der Waals surface area (Å²) in [4.78, 5) is 6.87. The van der Waals surface area contributed by atoms with E-state index in [-0.39, 0.29) is 0 Å². The molecule has 1 atom stereocenters. The second-order valence-electron chi connectivity index (χ2n) is 4.94. The summed E-state index contributed by atoms with van der Waals surface area (Å²) in [6.45, 7) is 9.69. The molecule has 0 saturated heterocycles. The maximum absolute atomic E-state index is 4.52. The molecule has 2 rings (SSSR count).